The third-order valence-corrected chi connectivity index (χ3v) is 5.29. The summed E-state index contributed by atoms with van der Waals surface area (Å²) in [5, 5.41) is 3.23. The van der Waals surface area contributed by atoms with E-state index in [0.29, 0.717) is 25.2 Å². The summed E-state index contributed by atoms with van der Waals surface area (Å²) < 4.78 is 5.49. The highest BCUT2D eigenvalue weighted by Crippen LogP contribution is 2.36. The van der Waals surface area contributed by atoms with Crippen LogP contribution in [0.25, 0.3) is 0 Å². The van der Waals surface area contributed by atoms with Gasteiger partial charge in [0.05, 0.1) is 19.1 Å². The Labute approximate surface area is 115 Å². The predicted octanol–water partition coefficient (Wildman–Crippen LogP) is 1.40. The van der Waals surface area contributed by atoms with Crippen molar-refractivity contribution < 1.29 is 9.53 Å². The molecule has 1 aliphatic carbocycles. The summed E-state index contributed by atoms with van der Waals surface area (Å²) in [4.78, 5) is 15.0. The summed E-state index contributed by atoms with van der Waals surface area (Å²) in [7, 11) is 1.93. The third-order valence-electron chi connectivity index (χ3n) is 5.29. The lowest BCUT2D eigenvalue weighted by atomic mass is 9.94. The molecule has 3 rings (SSSR count). The second kappa shape index (κ2) is 5.80. The predicted molar refractivity (Wildman–Crippen MR) is 73.8 cm³/mol. The van der Waals surface area contributed by atoms with Crippen LogP contribution in [0.1, 0.15) is 38.5 Å². The molecule has 3 atom stereocenters. The van der Waals surface area contributed by atoms with E-state index in [9.17, 15) is 4.79 Å². The van der Waals surface area contributed by atoms with Crippen LogP contribution in [0.2, 0.25) is 0 Å². The zero-order valence-corrected chi connectivity index (χ0v) is 11.9. The van der Waals surface area contributed by atoms with Crippen molar-refractivity contribution in [2.45, 2.75) is 50.6 Å². The third kappa shape index (κ3) is 2.52. The van der Waals surface area contributed by atoms with E-state index in [1.165, 1.54) is 38.5 Å². The molecule has 3 fully saturated rings. The maximum absolute atomic E-state index is 12.8. The van der Waals surface area contributed by atoms with Crippen molar-refractivity contribution in [3.63, 3.8) is 0 Å². The number of nitrogens with one attached hydrogen (secondary N) is 1. The van der Waals surface area contributed by atoms with Crippen LogP contribution in [0, 0.1) is 11.8 Å². The molecule has 2 aliphatic heterocycles. The first kappa shape index (κ1) is 13.4. The Bertz CT molecular complexity index is 328. The lowest BCUT2D eigenvalue weighted by Gasteiger charge is -2.32. The average Bonchev–Trinajstić information content (AvgIpc) is 3.16. The maximum atomic E-state index is 12.8. The first-order valence-corrected chi connectivity index (χ1v) is 7.86. The molecule has 3 aliphatic rings. The molecule has 2 heterocycles. The van der Waals surface area contributed by atoms with Crippen LogP contribution in [0.4, 0.5) is 0 Å². The van der Waals surface area contributed by atoms with Gasteiger partial charge in [-0.25, -0.2) is 0 Å². The van der Waals surface area contributed by atoms with Crippen molar-refractivity contribution in [2.24, 2.45) is 11.8 Å². The number of rotatable bonds is 3. The molecule has 0 radical (unpaired) electrons. The van der Waals surface area contributed by atoms with Crippen molar-refractivity contribution in [3.8, 4) is 0 Å². The average molecular weight is 266 g/mol. The highest BCUT2D eigenvalue weighted by molar-refractivity contribution is 5.80. The van der Waals surface area contributed by atoms with Crippen LogP contribution in [0.3, 0.4) is 0 Å². The van der Waals surface area contributed by atoms with Gasteiger partial charge < -0.3 is 15.0 Å². The van der Waals surface area contributed by atoms with E-state index >= 15 is 0 Å². The van der Waals surface area contributed by atoms with Gasteiger partial charge in [0.15, 0.2) is 0 Å². The van der Waals surface area contributed by atoms with Gasteiger partial charge in [0, 0.05) is 18.6 Å². The Morgan fingerprint density at radius 1 is 1.16 bits per heavy atom. The largest absolute Gasteiger partial charge is 0.379 e. The quantitative estimate of drug-likeness (QED) is 0.839. The fourth-order valence-corrected chi connectivity index (χ4v) is 4.19. The molecular formula is C15H26N2O2. The Morgan fingerprint density at radius 2 is 1.95 bits per heavy atom. The van der Waals surface area contributed by atoms with Crippen molar-refractivity contribution in [1.29, 1.82) is 0 Å². The number of likely N-dealkylation sites (tertiary alicyclic amines) is 1. The minimum Gasteiger partial charge on any atom is -0.379 e. The molecule has 0 spiro atoms. The molecule has 108 valence electrons. The van der Waals surface area contributed by atoms with Crippen LogP contribution in [0.15, 0.2) is 0 Å². The highest BCUT2D eigenvalue weighted by atomic mass is 16.5. The molecule has 3 unspecified atom stereocenters. The minimum atomic E-state index is 0.0343. The molecule has 4 heteroatoms. The number of hydrogen-bond acceptors (Lipinski definition) is 3. The number of carbonyl (C=O) groups excluding carboxylic acids is 1. The van der Waals surface area contributed by atoms with Gasteiger partial charge in [0.2, 0.25) is 5.91 Å². The van der Waals surface area contributed by atoms with Crippen LogP contribution in [-0.2, 0) is 9.53 Å². The molecule has 1 N–H and O–H groups in total. The maximum Gasteiger partial charge on any atom is 0.229 e. The van der Waals surface area contributed by atoms with Gasteiger partial charge in [-0.2, -0.15) is 0 Å². The summed E-state index contributed by atoms with van der Waals surface area (Å²) in [6.45, 7) is 2.24. The molecule has 0 aromatic heterocycles. The van der Waals surface area contributed by atoms with Crippen LogP contribution < -0.4 is 5.32 Å². The second-order valence-corrected chi connectivity index (χ2v) is 6.32. The lowest BCUT2D eigenvalue weighted by Crippen LogP contribution is -2.48. The first-order chi connectivity index (χ1) is 9.31. The van der Waals surface area contributed by atoms with Crippen molar-refractivity contribution in [1.82, 2.24) is 10.2 Å². The van der Waals surface area contributed by atoms with Crippen molar-refractivity contribution in [3.05, 3.63) is 0 Å². The van der Waals surface area contributed by atoms with E-state index in [4.69, 9.17) is 4.74 Å². The highest BCUT2D eigenvalue weighted by Gasteiger charge is 2.42. The molecule has 2 saturated heterocycles. The molecule has 0 aromatic carbocycles. The van der Waals surface area contributed by atoms with Crippen LogP contribution in [-0.4, -0.2) is 49.7 Å². The molecule has 1 amide bonds. The monoisotopic (exact) mass is 266 g/mol. The Balaban J connectivity index is 1.67. The SMILES string of the molecule is CNC1COCC1C(=O)N1CCCC1C1CCCC1. The summed E-state index contributed by atoms with van der Waals surface area (Å²) >= 11 is 0. The van der Waals surface area contributed by atoms with Crippen molar-refractivity contribution in [2.75, 3.05) is 26.8 Å². The number of carbonyl (C=O) groups is 1. The molecule has 0 aromatic rings. The van der Waals surface area contributed by atoms with E-state index in [0.717, 1.165) is 12.5 Å². The normalized spacial score (nSPS) is 36.3. The first-order valence-electron chi connectivity index (χ1n) is 7.86. The van der Waals surface area contributed by atoms with Gasteiger partial charge in [-0.1, -0.05) is 12.8 Å². The number of amides is 1. The van der Waals surface area contributed by atoms with E-state index in [-0.39, 0.29) is 12.0 Å². The fourth-order valence-electron chi connectivity index (χ4n) is 4.19. The van der Waals surface area contributed by atoms with Gasteiger partial charge in [-0.15, -0.1) is 0 Å². The van der Waals surface area contributed by atoms with Gasteiger partial charge in [0.1, 0.15) is 0 Å². The molecule has 0 bridgehead atoms. The smallest absolute Gasteiger partial charge is 0.229 e. The summed E-state index contributed by atoms with van der Waals surface area (Å²) in [6, 6.07) is 0.727. The number of ether oxygens (including phenoxy) is 1. The van der Waals surface area contributed by atoms with E-state index in [2.05, 4.69) is 10.2 Å². The molecule has 1 saturated carbocycles. The molecule has 19 heavy (non-hydrogen) atoms. The Morgan fingerprint density at radius 3 is 2.68 bits per heavy atom. The fraction of sp³-hybridized carbons (Fsp3) is 0.933. The zero-order chi connectivity index (χ0) is 13.2. The summed E-state index contributed by atoms with van der Waals surface area (Å²) in [6.07, 6.45) is 7.76. The Kier molecular flexibility index (Phi) is 4.08. The summed E-state index contributed by atoms with van der Waals surface area (Å²) in [5.74, 6) is 1.14. The van der Waals surface area contributed by atoms with Gasteiger partial charge in [0.25, 0.3) is 0 Å². The van der Waals surface area contributed by atoms with Gasteiger partial charge in [-0.05, 0) is 38.6 Å². The van der Waals surface area contributed by atoms with Crippen LogP contribution in [0.5, 0.6) is 0 Å². The minimum absolute atomic E-state index is 0.0343. The molecular weight excluding hydrogens is 240 g/mol. The van der Waals surface area contributed by atoms with Crippen LogP contribution >= 0.6 is 0 Å². The van der Waals surface area contributed by atoms with Crippen molar-refractivity contribution >= 4 is 5.91 Å². The van der Waals surface area contributed by atoms with E-state index < -0.39 is 0 Å². The number of nitrogens with zero attached hydrogens (tertiary/aromatic N) is 1. The van der Waals surface area contributed by atoms with E-state index in [1.54, 1.807) is 0 Å². The van der Waals surface area contributed by atoms with Gasteiger partial charge in [-0.3, -0.25) is 4.79 Å². The standard InChI is InChI=1S/C15H26N2O2/c1-16-13-10-19-9-12(13)15(18)17-8-4-7-14(17)11-5-2-3-6-11/h11-14,16H,2-10H2,1H3. The second-order valence-electron chi connectivity index (χ2n) is 6.32. The topological polar surface area (TPSA) is 41.6 Å². The Hall–Kier alpha value is -0.610. The van der Waals surface area contributed by atoms with Gasteiger partial charge >= 0.3 is 0 Å². The zero-order valence-electron chi connectivity index (χ0n) is 11.9. The molecule has 4 nitrogen and oxygen atoms in total. The number of likely N-dealkylation sites (N-methyl/N-ethyl adjacent to an activating group) is 1. The summed E-state index contributed by atoms with van der Waals surface area (Å²) in [5.41, 5.74) is 0. The number of hydrogen-bond donors (Lipinski definition) is 1. The van der Waals surface area contributed by atoms with E-state index in [1.807, 2.05) is 7.05 Å². The lowest BCUT2D eigenvalue weighted by molar-refractivity contribution is -0.137.